The van der Waals surface area contributed by atoms with E-state index in [0.29, 0.717) is 17.2 Å². The number of tetrazole rings is 1. The number of aromatic nitrogens is 4. The molecule has 0 bridgehead atoms. The van der Waals surface area contributed by atoms with Crippen molar-refractivity contribution in [3.63, 3.8) is 0 Å². The Labute approximate surface area is 129 Å². The average molecular weight is 350 g/mol. The normalized spacial score (nSPS) is 17.2. The van der Waals surface area contributed by atoms with Gasteiger partial charge in [-0.05, 0) is 35.0 Å². The molecule has 108 valence electrons. The van der Waals surface area contributed by atoms with Crippen molar-refractivity contribution in [3.05, 3.63) is 39.9 Å². The van der Waals surface area contributed by atoms with E-state index in [1.165, 1.54) is 11.8 Å². The number of allylic oxidation sites excluding steroid dienone is 1. The molecule has 0 saturated carbocycles. The number of hydrogen-bond acceptors (Lipinski definition) is 6. The number of fused-ring (bicyclic) bond motifs is 1. The van der Waals surface area contributed by atoms with Gasteiger partial charge in [0.05, 0.1) is 24.4 Å². The van der Waals surface area contributed by atoms with E-state index in [2.05, 4.69) is 36.8 Å². The summed E-state index contributed by atoms with van der Waals surface area (Å²) in [6.07, 6.45) is 0. The Morgan fingerprint density at radius 2 is 2.29 bits per heavy atom. The number of methoxy groups -OCH3 is 1. The van der Waals surface area contributed by atoms with Crippen LogP contribution < -0.4 is 5.32 Å². The summed E-state index contributed by atoms with van der Waals surface area (Å²) in [6.45, 7) is 1.79. The lowest BCUT2D eigenvalue weighted by molar-refractivity contribution is -0.136. The number of benzene rings is 1. The van der Waals surface area contributed by atoms with Crippen molar-refractivity contribution in [2.45, 2.75) is 13.0 Å². The Morgan fingerprint density at radius 1 is 1.48 bits per heavy atom. The summed E-state index contributed by atoms with van der Waals surface area (Å²) in [6, 6.07) is 7.33. The largest absolute Gasteiger partial charge is 0.466 e. The van der Waals surface area contributed by atoms with E-state index in [9.17, 15) is 4.79 Å². The number of carbonyl (C=O) groups excluding carboxylic acids is 1. The van der Waals surface area contributed by atoms with Crippen LogP contribution in [0.25, 0.3) is 5.70 Å². The molecule has 1 N–H and O–H groups in total. The predicted molar refractivity (Wildman–Crippen MR) is 79.2 cm³/mol. The summed E-state index contributed by atoms with van der Waals surface area (Å²) in [5, 5.41) is 14.6. The molecule has 1 aromatic carbocycles. The van der Waals surface area contributed by atoms with Crippen molar-refractivity contribution in [2.24, 2.45) is 0 Å². The molecule has 0 spiro atoms. The Bertz CT molecular complexity index is 740. The number of nitrogens with zero attached hydrogens (tertiary/aromatic N) is 4. The Morgan fingerprint density at radius 3 is 3.00 bits per heavy atom. The number of nitrogens with one attached hydrogen (secondary N) is 1. The minimum atomic E-state index is -0.411. The highest BCUT2D eigenvalue weighted by Gasteiger charge is 2.33. The standard InChI is InChI=1S/C13H12BrN5O2/c1-7-10(12(20)21-2)11(8-4-3-5-9(14)6-8)15-13-16-17-18-19(7)13/h3-6,11H,1-2H3,(H,15,16,18). The number of rotatable bonds is 2. The van der Waals surface area contributed by atoms with E-state index >= 15 is 0 Å². The maximum Gasteiger partial charge on any atom is 0.338 e. The molecular formula is C13H12BrN5O2. The molecule has 2 heterocycles. The van der Waals surface area contributed by atoms with Gasteiger partial charge in [-0.1, -0.05) is 33.2 Å². The van der Waals surface area contributed by atoms with Crippen LogP contribution in [0.4, 0.5) is 5.95 Å². The molecule has 8 heteroatoms. The fourth-order valence-corrected chi connectivity index (χ4v) is 2.76. The van der Waals surface area contributed by atoms with Crippen molar-refractivity contribution in [2.75, 3.05) is 12.4 Å². The Hall–Kier alpha value is -2.22. The molecule has 0 radical (unpaired) electrons. The van der Waals surface area contributed by atoms with Crippen LogP contribution in [0.3, 0.4) is 0 Å². The molecule has 0 aliphatic carbocycles. The third kappa shape index (κ3) is 2.31. The number of esters is 1. The summed E-state index contributed by atoms with van der Waals surface area (Å²) in [7, 11) is 1.36. The molecule has 1 unspecified atom stereocenters. The van der Waals surface area contributed by atoms with Crippen molar-refractivity contribution in [1.29, 1.82) is 0 Å². The lowest BCUT2D eigenvalue weighted by Crippen LogP contribution is -2.28. The molecular weight excluding hydrogens is 338 g/mol. The van der Waals surface area contributed by atoms with E-state index in [4.69, 9.17) is 4.74 Å². The molecule has 2 aromatic rings. The summed E-state index contributed by atoms with van der Waals surface area (Å²) in [5.74, 6) is 0.0799. The second kappa shape index (κ2) is 5.28. The maximum atomic E-state index is 12.2. The van der Waals surface area contributed by atoms with E-state index in [-0.39, 0.29) is 6.04 Å². The number of carbonyl (C=O) groups is 1. The number of anilines is 1. The van der Waals surface area contributed by atoms with E-state index in [1.807, 2.05) is 24.3 Å². The van der Waals surface area contributed by atoms with Gasteiger partial charge in [-0.2, -0.15) is 4.68 Å². The van der Waals surface area contributed by atoms with Crippen molar-refractivity contribution < 1.29 is 9.53 Å². The number of halogens is 1. The first-order valence-corrected chi connectivity index (χ1v) is 7.01. The highest BCUT2D eigenvalue weighted by Crippen LogP contribution is 2.35. The van der Waals surface area contributed by atoms with Crippen LogP contribution in [0.5, 0.6) is 0 Å². The highest BCUT2D eigenvalue weighted by atomic mass is 79.9. The molecule has 0 saturated heterocycles. The molecule has 1 aliphatic rings. The summed E-state index contributed by atoms with van der Waals surface area (Å²) in [5.41, 5.74) is 2.04. The second-order valence-electron chi connectivity index (χ2n) is 4.54. The Kier molecular flexibility index (Phi) is 3.46. The van der Waals surface area contributed by atoms with Crippen LogP contribution in [0, 0.1) is 0 Å². The van der Waals surface area contributed by atoms with Crippen LogP contribution in [0.2, 0.25) is 0 Å². The first-order chi connectivity index (χ1) is 10.1. The third-order valence-electron chi connectivity index (χ3n) is 3.33. The monoisotopic (exact) mass is 349 g/mol. The molecule has 1 atom stereocenters. The fraction of sp³-hybridized carbons (Fsp3) is 0.231. The minimum Gasteiger partial charge on any atom is -0.466 e. The summed E-state index contributed by atoms with van der Waals surface area (Å²) < 4.78 is 7.31. The molecule has 1 aliphatic heterocycles. The van der Waals surface area contributed by atoms with Gasteiger partial charge in [-0.25, -0.2) is 4.79 Å². The van der Waals surface area contributed by atoms with Crippen molar-refractivity contribution in [3.8, 4) is 0 Å². The van der Waals surface area contributed by atoms with Crippen molar-refractivity contribution >= 4 is 33.5 Å². The molecule has 3 rings (SSSR count). The zero-order valence-corrected chi connectivity index (χ0v) is 13.0. The van der Waals surface area contributed by atoms with Gasteiger partial charge in [0.25, 0.3) is 0 Å². The highest BCUT2D eigenvalue weighted by molar-refractivity contribution is 9.10. The van der Waals surface area contributed by atoms with Crippen LogP contribution >= 0.6 is 15.9 Å². The quantitative estimate of drug-likeness (QED) is 0.835. The maximum absolute atomic E-state index is 12.2. The third-order valence-corrected chi connectivity index (χ3v) is 3.82. The zero-order chi connectivity index (χ0) is 15.0. The number of hydrogen-bond donors (Lipinski definition) is 1. The van der Waals surface area contributed by atoms with Crippen LogP contribution in [-0.4, -0.2) is 33.3 Å². The first-order valence-electron chi connectivity index (χ1n) is 6.21. The second-order valence-corrected chi connectivity index (χ2v) is 5.45. The van der Waals surface area contributed by atoms with Gasteiger partial charge >= 0.3 is 5.97 Å². The summed E-state index contributed by atoms with van der Waals surface area (Å²) in [4.78, 5) is 12.2. The number of ether oxygens (including phenoxy) is 1. The molecule has 7 nitrogen and oxygen atoms in total. The van der Waals surface area contributed by atoms with Gasteiger partial charge in [-0.15, -0.1) is 0 Å². The lowest BCUT2D eigenvalue weighted by atomic mass is 9.96. The van der Waals surface area contributed by atoms with Gasteiger partial charge < -0.3 is 10.1 Å². The molecule has 0 fully saturated rings. The molecule has 0 amide bonds. The van der Waals surface area contributed by atoms with E-state index in [0.717, 1.165) is 10.0 Å². The van der Waals surface area contributed by atoms with Gasteiger partial charge in [0, 0.05) is 4.47 Å². The minimum absolute atomic E-state index is 0.367. The van der Waals surface area contributed by atoms with Gasteiger partial charge in [0.15, 0.2) is 0 Å². The van der Waals surface area contributed by atoms with Crippen molar-refractivity contribution in [1.82, 2.24) is 20.2 Å². The fourth-order valence-electron chi connectivity index (χ4n) is 2.34. The van der Waals surface area contributed by atoms with Gasteiger partial charge in [0.2, 0.25) is 5.95 Å². The topological polar surface area (TPSA) is 81.9 Å². The Balaban J connectivity index is 2.16. The smallest absolute Gasteiger partial charge is 0.338 e. The van der Waals surface area contributed by atoms with Crippen LogP contribution in [0.1, 0.15) is 18.5 Å². The first kappa shape index (κ1) is 13.7. The average Bonchev–Trinajstić information content (AvgIpc) is 2.95. The molecule has 21 heavy (non-hydrogen) atoms. The van der Waals surface area contributed by atoms with E-state index < -0.39 is 5.97 Å². The van der Waals surface area contributed by atoms with Gasteiger partial charge in [-0.3, -0.25) is 0 Å². The van der Waals surface area contributed by atoms with Gasteiger partial charge in [0.1, 0.15) is 0 Å². The SMILES string of the molecule is COC(=O)C1=C(C)n2nnnc2NC1c1cccc(Br)c1. The zero-order valence-electron chi connectivity index (χ0n) is 11.4. The predicted octanol–water partition coefficient (Wildman–Crippen LogP) is 2.01. The molecule has 1 aromatic heterocycles. The summed E-state index contributed by atoms with van der Waals surface area (Å²) >= 11 is 3.44. The lowest BCUT2D eigenvalue weighted by Gasteiger charge is -2.27. The van der Waals surface area contributed by atoms with E-state index in [1.54, 1.807) is 6.92 Å². The van der Waals surface area contributed by atoms with Crippen LogP contribution in [-0.2, 0) is 9.53 Å². The van der Waals surface area contributed by atoms with Crippen LogP contribution in [0.15, 0.2) is 34.3 Å².